The molecule has 0 bridgehead atoms. The molecule has 3 rings (SSSR count). The molecular weight excluding hydrogens is 476 g/mol. The lowest BCUT2D eigenvalue weighted by molar-refractivity contribution is 0.0796. The van der Waals surface area contributed by atoms with Crippen molar-refractivity contribution in [3.63, 3.8) is 0 Å². The van der Waals surface area contributed by atoms with Crippen molar-refractivity contribution in [2.75, 3.05) is 26.7 Å². The molecule has 4 nitrogen and oxygen atoms in total. The molecule has 0 fully saturated rings. The summed E-state index contributed by atoms with van der Waals surface area (Å²) in [5, 5.41) is 0. The third-order valence-corrected chi connectivity index (χ3v) is 6.32. The summed E-state index contributed by atoms with van der Waals surface area (Å²) in [6.07, 6.45) is 0.845. The monoisotopic (exact) mass is 508 g/mol. The highest BCUT2D eigenvalue weighted by molar-refractivity contribution is 9.10. The van der Waals surface area contributed by atoms with Crippen molar-refractivity contribution in [1.29, 1.82) is 0 Å². The number of nitrogens with zero attached hydrogens (tertiary/aromatic N) is 2. The van der Waals surface area contributed by atoms with Crippen LogP contribution in [0.1, 0.15) is 40.9 Å². The molecule has 0 radical (unpaired) electrons. The molecule has 0 unspecified atom stereocenters. The molecule has 0 aliphatic heterocycles. The van der Waals surface area contributed by atoms with Crippen LogP contribution in [0.3, 0.4) is 0 Å². The van der Waals surface area contributed by atoms with Gasteiger partial charge in [-0.15, -0.1) is 0 Å². The van der Waals surface area contributed by atoms with Gasteiger partial charge in [-0.3, -0.25) is 9.69 Å². The zero-order valence-corrected chi connectivity index (χ0v) is 21.3. The average molecular weight is 509 g/mol. The second-order valence-corrected chi connectivity index (χ2v) is 9.08. The molecule has 0 N–H and O–H groups in total. The maximum atomic E-state index is 12.8. The minimum Gasteiger partial charge on any atom is -0.489 e. The summed E-state index contributed by atoms with van der Waals surface area (Å²) >= 11 is 3.57. The average Bonchev–Trinajstić information content (AvgIpc) is 2.85. The number of hydrogen-bond acceptors (Lipinski definition) is 3. The molecule has 3 aromatic carbocycles. The fraction of sp³-hybridized carbons (Fsp3) is 0.321. The third kappa shape index (κ3) is 7.44. The number of amides is 1. The highest BCUT2D eigenvalue weighted by atomic mass is 79.9. The molecule has 1 amide bonds. The van der Waals surface area contributed by atoms with E-state index in [4.69, 9.17) is 4.74 Å². The number of halogens is 1. The van der Waals surface area contributed by atoms with E-state index in [0.29, 0.717) is 18.7 Å². The zero-order chi connectivity index (χ0) is 23.6. The van der Waals surface area contributed by atoms with Gasteiger partial charge in [0.15, 0.2) is 0 Å². The fourth-order valence-corrected chi connectivity index (χ4v) is 4.08. The van der Waals surface area contributed by atoms with Crippen LogP contribution < -0.4 is 4.74 Å². The van der Waals surface area contributed by atoms with Crippen LogP contribution in [-0.4, -0.2) is 42.4 Å². The first-order chi connectivity index (χ1) is 16.0. The van der Waals surface area contributed by atoms with Crippen LogP contribution in [0, 0.1) is 0 Å². The quantitative estimate of drug-likeness (QED) is 0.309. The van der Waals surface area contributed by atoms with Crippen molar-refractivity contribution in [3.8, 4) is 5.75 Å². The van der Waals surface area contributed by atoms with Gasteiger partial charge >= 0.3 is 0 Å². The van der Waals surface area contributed by atoms with Crippen molar-refractivity contribution >= 4 is 21.8 Å². The minimum absolute atomic E-state index is 0.0350. The van der Waals surface area contributed by atoms with Gasteiger partial charge in [0, 0.05) is 35.7 Å². The van der Waals surface area contributed by atoms with E-state index in [2.05, 4.69) is 52.9 Å². The second-order valence-electron chi connectivity index (χ2n) is 8.16. The van der Waals surface area contributed by atoms with E-state index in [1.807, 2.05) is 61.6 Å². The molecule has 0 saturated carbocycles. The third-order valence-electron chi connectivity index (χ3n) is 5.83. The minimum atomic E-state index is 0.0350. The van der Waals surface area contributed by atoms with Crippen LogP contribution in [0.2, 0.25) is 0 Å². The molecule has 0 heterocycles. The first-order valence-corrected chi connectivity index (χ1v) is 12.3. The SMILES string of the molecule is CCN(CC)Cc1cc(Br)ccc1OCc1ccc(C(=O)N(C)CCc2ccccc2)cc1. The van der Waals surface area contributed by atoms with Crippen LogP contribution in [-0.2, 0) is 19.6 Å². The van der Waals surface area contributed by atoms with Gasteiger partial charge in [0.05, 0.1) is 0 Å². The van der Waals surface area contributed by atoms with E-state index in [-0.39, 0.29) is 5.91 Å². The molecule has 0 aromatic heterocycles. The van der Waals surface area contributed by atoms with E-state index in [0.717, 1.165) is 41.8 Å². The number of carbonyl (C=O) groups is 1. The Kier molecular flexibility index (Phi) is 9.52. The molecule has 5 heteroatoms. The van der Waals surface area contributed by atoms with Gasteiger partial charge in [-0.1, -0.05) is 72.2 Å². The predicted octanol–water partition coefficient (Wildman–Crippen LogP) is 6.18. The molecule has 0 spiro atoms. The summed E-state index contributed by atoms with van der Waals surface area (Å²) in [5.74, 6) is 0.929. The Morgan fingerprint density at radius 2 is 1.61 bits per heavy atom. The Balaban J connectivity index is 1.58. The lowest BCUT2D eigenvalue weighted by atomic mass is 10.1. The molecule has 0 aliphatic carbocycles. The predicted molar refractivity (Wildman–Crippen MR) is 139 cm³/mol. The highest BCUT2D eigenvalue weighted by Crippen LogP contribution is 2.25. The Hall–Kier alpha value is -2.63. The van der Waals surface area contributed by atoms with Crippen molar-refractivity contribution in [2.24, 2.45) is 0 Å². The van der Waals surface area contributed by atoms with Gasteiger partial charge in [0.25, 0.3) is 5.91 Å². The number of rotatable bonds is 11. The van der Waals surface area contributed by atoms with Crippen molar-refractivity contribution in [3.05, 3.63) is 99.5 Å². The van der Waals surface area contributed by atoms with E-state index < -0.39 is 0 Å². The van der Waals surface area contributed by atoms with E-state index in [9.17, 15) is 4.79 Å². The zero-order valence-electron chi connectivity index (χ0n) is 19.8. The number of ether oxygens (including phenoxy) is 1. The molecule has 3 aromatic rings. The number of hydrogen-bond donors (Lipinski definition) is 0. The van der Waals surface area contributed by atoms with Crippen molar-refractivity contribution in [1.82, 2.24) is 9.80 Å². The fourth-order valence-electron chi connectivity index (χ4n) is 3.67. The van der Waals surface area contributed by atoms with Gasteiger partial charge in [-0.05, 0) is 61.0 Å². The first-order valence-electron chi connectivity index (χ1n) is 11.5. The van der Waals surface area contributed by atoms with Gasteiger partial charge in [-0.25, -0.2) is 0 Å². The summed E-state index contributed by atoms with van der Waals surface area (Å²) < 4.78 is 7.21. The second kappa shape index (κ2) is 12.6. The van der Waals surface area contributed by atoms with Crippen molar-refractivity contribution in [2.45, 2.75) is 33.4 Å². The molecule has 0 atom stereocenters. The standard InChI is InChI=1S/C28H33BrN2O2/c1-4-31(5-2)20-25-19-26(29)15-16-27(25)33-21-23-11-13-24(14-12-23)28(32)30(3)18-17-22-9-7-6-8-10-22/h6-16,19H,4-5,17-18,20-21H2,1-3H3. The molecule has 174 valence electrons. The Morgan fingerprint density at radius 3 is 2.27 bits per heavy atom. The van der Waals surface area contributed by atoms with Crippen LogP contribution in [0.25, 0.3) is 0 Å². The van der Waals surface area contributed by atoms with Crippen LogP contribution in [0.4, 0.5) is 0 Å². The van der Waals surface area contributed by atoms with Gasteiger partial charge in [-0.2, -0.15) is 0 Å². The Bertz CT molecular complexity index is 1020. The summed E-state index contributed by atoms with van der Waals surface area (Å²) in [6.45, 7) is 8.34. The Morgan fingerprint density at radius 1 is 0.909 bits per heavy atom. The van der Waals surface area contributed by atoms with Crippen LogP contribution >= 0.6 is 15.9 Å². The van der Waals surface area contributed by atoms with Crippen LogP contribution in [0.5, 0.6) is 5.75 Å². The number of benzene rings is 3. The smallest absolute Gasteiger partial charge is 0.253 e. The largest absolute Gasteiger partial charge is 0.489 e. The highest BCUT2D eigenvalue weighted by Gasteiger charge is 2.12. The first kappa shape index (κ1) is 25.0. The van der Waals surface area contributed by atoms with Crippen molar-refractivity contribution < 1.29 is 9.53 Å². The number of likely N-dealkylation sites (N-methyl/N-ethyl adjacent to an activating group) is 1. The summed E-state index contributed by atoms with van der Waals surface area (Å²) in [6, 6.07) is 24.1. The molecule has 33 heavy (non-hydrogen) atoms. The number of carbonyl (C=O) groups excluding carboxylic acids is 1. The lowest BCUT2D eigenvalue weighted by Gasteiger charge is -2.20. The molecule has 0 aliphatic rings. The van der Waals surface area contributed by atoms with Gasteiger partial charge < -0.3 is 9.64 Å². The van der Waals surface area contributed by atoms with E-state index >= 15 is 0 Å². The lowest BCUT2D eigenvalue weighted by Crippen LogP contribution is -2.28. The van der Waals surface area contributed by atoms with Gasteiger partial charge in [0.2, 0.25) is 0 Å². The van der Waals surface area contributed by atoms with E-state index in [1.54, 1.807) is 4.90 Å². The summed E-state index contributed by atoms with van der Waals surface area (Å²) in [4.78, 5) is 16.9. The topological polar surface area (TPSA) is 32.8 Å². The summed E-state index contributed by atoms with van der Waals surface area (Å²) in [5.41, 5.74) is 4.13. The van der Waals surface area contributed by atoms with E-state index in [1.165, 1.54) is 11.1 Å². The maximum Gasteiger partial charge on any atom is 0.253 e. The molecule has 0 saturated heterocycles. The Labute approximate surface area is 206 Å². The molecular formula is C28H33BrN2O2. The van der Waals surface area contributed by atoms with Crippen LogP contribution in [0.15, 0.2) is 77.3 Å². The van der Waals surface area contributed by atoms with Gasteiger partial charge in [0.1, 0.15) is 12.4 Å². The maximum absolute atomic E-state index is 12.8. The summed E-state index contributed by atoms with van der Waals surface area (Å²) in [7, 11) is 1.85. The normalized spacial score (nSPS) is 10.9.